The summed E-state index contributed by atoms with van der Waals surface area (Å²) in [6.07, 6.45) is 0. The fourth-order valence-electron chi connectivity index (χ4n) is 1.58. The first-order chi connectivity index (χ1) is 10.1. The van der Waals surface area contributed by atoms with Crippen LogP contribution in [0.1, 0.15) is 16.3 Å². The third kappa shape index (κ3) is 4.33. The quantitative estimate of drug-likeness (QED) is 0.782. The molecule has 0 atom stereocenters. The molecule has 1 amide bonds. The van der Waals surface area contributed by atoms with Crippen molar-refractivity contribution in [2.75, 3.05) is 12.3 Å². The number of hydrogen-bond donors (Lipinski definition) is 2. The molecular formula is C14H13Cl2NO3S. The van der Waals surface area contributed by atoms with Gasteiger partial charge in [-0.15, -0.1) is 0 Å². The lowest BCUT2D eigenvalue weighted by atomic mass is 10.3. The van der Waals surface area contributed by atoms with Crippen LogP contribution < -0.4 is 10.1 Å². The molecule has 0 saturated heterocycles. The maximum absolute atomic E-state index is 11.7. The molecule has 4 nitrogen and oxygen atoms in total. The Hall–Kier alpha value is -1.30. The summed E-state index contributed by atoms with van der Waals surface area (Å²) in [4.78, 5) is 11.7. The lowest BCUT2D eigenvalue weighted by Gasteiger charge is -2.07. The van der Waals surface area contributed by atoms with E-state index in [1.165, 1.54) is 0 Å². The Kier molecular flexibility index (Phi) is 5.85. The lowest BCUT2D eigenvalue weighted by molar-refractivity contribution is 0.0924. The van der Waals surface area contributed by atoms with Gasteiger partial charge in [-0.25, -0.2) is 0 Å². The molecule has 7 heteroatoms. The van der Waals surface area contributed by atoms with Crippen LogP contribution in [0.15, 0.2) is 34.7 Å². The van der Waals surface area contributed by atoms with Crippen molar-refractivity contribution in [3.63, 3.8) is 0 Å². The Morgan fingerprint density at radius 3 is 2.86 bits per heavy atom. The highest BCUT2D eigenvalue weighted by molar-refractivity contribution is 7.80. The Morgan fingerprint density at radius 1 is 1.29 bits per heavy atom. The van der Waals surface area contributed by atoms with E-state index in [0.717, 1.165) is 0 Å². The van der Waals surface area contributed by atoms with Gasteiger partial charge in [0.2, 0.25) is 0 Å². The van der Waals surface area contributed by atoms with E-state index in [1.54, 1.807) is 30.3 Å². The van der Waals surface area contributed by atoms with Crippen LogP contribution in [0.25, 0.3) is 0 Å². The van der Waals surface area contributed by atoms with Gasteiger partial charge in [-0.1, -0.05) is 29.3 Å². The Balaban J connectivity index is 1.97. The van der Waals surface area contributed by atoms with Crippen LogP contribution in [-0.4, -0.2) is 18.2 Å². The number of carbonyl (C=O) groups is 1. The van der Waals surface area contributed by atoms with Gasteiger partial charge in [0, 0.05) is 12.3 Å². The molecule has 1 aromatic carbocycles. The van der Waals surface area contributed by atoms with Gasteiger partial charge in [-0.2, -0.15) is 12.6 Å². The maximum Gasteiger partial charge on any atom is 0.287 e. The molecule has 1 heterocycles. The van der Waals surface area contributed by atoms with Gasteiger partial charge in [0.15, 0.2) is 5.76 Å². The summed E-state index contributed by atoms with van der Waals surface area (Å²) in [5.74, 6) is 1.49. The molecule has 0 unspecified atom stereocenters. The first kappa shape index (κ1) is 16.1. The fraction of sp³-hybridized carbons (Fsp3) is 0.214. The molecule has 0 fully saturated rings. The van der Waals surface area contributed by atoms with Gasteiger partial charge < -0.3 is 14.5 Å². The summed E-state index contributed by atoms with van der Waals surface area (Å²) in [5, 5.41) is 3.43. The minimum absolute atomic E-state index is 0.153. The van der Waals surface area contributed by atoms with Crippen LogP contribution in [0.3, 0.4) is 0 Å². The number of ether oxygens (including phenoxy) is 1. The molecule has 0 radical (unpaired) electrons. The SMILES string of the molecule is O=C(NCCS)c1ccc(COc2cccc(Cl)c2Cl)o1. The molecule has 0 aliphatic carbocycles. The van der Waals surface area contributed by atoms with E-state index in [0.29, 0.717) is 33.9 Å². The van der Waals surface area contributed by atoms with Crippen LogP contribution in [0.5, 0.6) is 5.75 Å². The summed E-state index contributed by atoms with van der Waals surface area (Å²) in [6.45, 7) is 0.631. The largest absolute Gasteiger partial charge is 0.484 e. The molecule has 0 aliphatic rings. The molecule has 2 aromatic rings. The number of thiol groups is 1. The molecule has 0 bridgehead atoms. The van der Waals surface area contributed by atoms with Crippen molar-refractivity contribution in [1.82, 2.24) is 5.32 Å². The summed E-state index contributed by atoms with van der Waals surface area (Å²) >= 11 is 15.9. The molecule has 0 saturated carbocycles. The molecule has 1 aromatic heterocycles. The molecule has 112 valence electrons. The molecule has 21 heavy (non-hydrogen) atoms. The number of furan rings is 1. The summed E-state index contributed by atoms with van der Waals surface area (Å²) in [7, 11) is 0. The number of amides is 1. The molecule has 2 rings (SSSR count). The Morgan fingerprint density at radius 2 is 2.10 bits per heavy atom. The van der Waals surface area contributed by atoms with E-state index in [9.17, 15) is 4.79 Å². The zero-order valence-electron chi connectivity index (χ0n) is 10.9. The highest BCUT2D eigenvalue weighted by Gasteiger charge is 2.11. The van der Waals surface area contributed by atoms with Crippen molar-refractivity contribution in [2.45, 2.75) is 6.61 Å². The van der Waals surface area contributed by atoms with Gasteiger partial charge in [-0.3, -0.25) is 4.79 Å². The summed E-state index contributed by atoms with van der Waals surface area (Å²) in [6, 6.07) is 8.38. The highest BCUT2D eigenvalue weighted by Crippen LogP contribution is 2.31. The van der Waals surface area contributed by atoms with E-state index < -0.39 is 0 Å². The Labute approximate surface area is 137 Å². The van der Waals surface area contributed by atoms with Crippen molar-refractivity contribution in [1.29, 1.82) is 0 Å². The molecular weight excluding hydrogens is 333 g/mol. The van der Waals surface area contributed by atoms with Crippen molar-refractivity contribution in [3.05, 3.63) is 51.9 Å². The topological polar surface area (TPSA) is 51.5 Å². The predicted molar refractivity (Wildman–Crippen MR) is 85.7 cm³/mol. The molecule has 1 N–H and O–H groups in total. The third-order valence-corrected chi connectivity index (χ3v) is 3.59. The van der Waals surface area contributed by atoms with Crippen molar-refractivity contribution in [2.24, 2.45) is 0 Å². The van der Waals surface area contributed by atoms with E-state index in [1.807, 2.05) is 0 Å². The monoisotopic (exact) mass is 345 g/mol. The predicted octanol–water partition coefficient (Wildman–Crippen LogP) is 3.83. The minimum atomic E-state index is -0.281. The van der Waals surface area contributed by atoms with Crippen molar-refractivity contribution in [3.8, 4) is 5.75 Å². The van der Waals surface area contributed by atoms with Crippen molar-refractivity contribution < 1.29 is 13.9 Å². The number of benzene rings is 1. The van der Waals surface area contributed by atoms with Crippen LogP contribution in [0.4, 0.5) is 0 Å². The summed E-state index contributed by atoms with van der Waals surface area (Å²) in [5.41, 5.74) is 0. The van der Waals surface area contributed by atoms with Crippen LogP contribution >= 0.6 is 35.8 Å². The second-order valence-electron chi connectivity index (χ2n) is 4.09. The van der Waals surface area contributed by atoms with Gasteiger partial charge in [0.25, 0.3) is 5.91 Å². The Bertz CT molecular complexity index is 630. The normalized spacial score (nSPS) is 10.4. The number of hydrogen-bond acceptors (Lipinski definition) is 4. The third-order valence-electron chi connectivity index (χ3n) is 2.57. The van der Waals surface area contributed by atoms with Gasteiger partial charge in [0.05, 0.1) is 5.02 Å². The van der Waals surface area contributed by atoms with Gasteiger partial charge >= 0.3 is 0 Å². The van der Waals surface area contributed by atoms with Gasteiger partial charge in [-0.05, 0) is 24.3 Å². The highest BCUT2D eigenvalue weighted by atomic mass is 35.5. The first-order valence-corrected chi connectivity index (χ1v) is 7.55. The number of nitrogens with one attached hydrogen (secondary N) is 1. The van der Waals surface area contributed by atoms with Crippen LogP contribution in [0.2, 0.25) is 10.0 Å². The van der Waals surface area contributed by atoms with E-state index in [2.05, 4.69) is 17.9 Å². The fourth-order valence-corrected chi connectivity index (χ4v) is 2.04. The van der Waals surface area contributed by atoms with E-state index in [-0.39, 0.29) is 18.3 Å². The smallest absolute Gasteiger partial charge is 0.287 e. The van der Waals surface area contributed by atoms with E-state index >= 15 is 0 Å². The maximum atomic E-state index is 11.7. The van der Waals surface area contributed by atoms with Crippen LogP contribution in [-0.2, 0) is 6.61 Å². The minimum Gasteiger partial charge on any atom is -0.484 e. The second-order valence-corrected chi connectivity index (χ2v) is 5.32. The second kappa shape index (κ2) is 7.64. The molecule has 0 aliphatic heterocycles. The van der Waals surface area contributed by atoms with Crippen molar-refractivity contribution >= 4 is 41.7 Å². The average Bonchev–Trinajstić information content (AvgIpc) is 2.95. The van der Waals surface area contributed by atoms with Gasteiger partial charge in [0.1, 0.15) is 23.1 Å². The number of carbonyl (C=O) groups excluding carboxylic acids is 1. The molecule has 0 spiro atoms. The standard InChI is InChI=1S/C14H13Cl2NO3S/c15-10-2-1-3-11(13(10)16)19-8-9-4-5-12(20-9)14(18)17-6-7-21/h1-5,21H,6-8H2,(H,17,18). The average molecular weight is 346 g/mol. The lowest BCUT2D eigenvalue weighted by Crippen LogP contribution is -2.24. The number of rotatable bonds is 6. The first-order valence-electron chi connectivity index (χ1n) is 6.16. The van der Waals surface area contributed by atoms with E-state index in [4.69, 9.17) is 32.4 Å². The zero-order chi connectivity index (χ0) is 15.2. The summed E-state index contributed by atoms with van der Waals surface area (Å²) < 4.78 is 10.9. The van der Waals surface area contributed by atoms with Crippen LogP contribution in [0, 0.1) is 0 Å². The number of halogens is 2. The zero-order valence-corrected chi connectivity index (χ0v) is 13.3.